The average molecular weight is 171 g/mol. The number of nitro groups is 1. The second-order valence-corrected chi connectivity index (χ2v) is 2.22. The van der Waals surface area contributed by atoms with Crippen LogP contribution in [0, 0.1) is 22.9 Å². The maximum atomic E-state index is 12.7. The van der Waals surface area contributed by atoms with Gasteiger partial charge in [0.2, 0.25) is 5.82 Å². The van der Waals surface area contributed by atoms with Crippen LogP contribution >= 0.6 is 0 Å². The minimum absolute atomic E-state index is 0.0903. The van der Waals surface area contributed by atoms with Crippen LogP contribution in [-0.4, -0.2) is 9.91 Å². The first-order valence-electron chi connectivity index (χ1n) is 3.09. The molecule has 0 aromatic carbocycles. The maximum absolute atomic E-state index is 12.7. The number of hydrogen-bond acceptors (Lipinski definition) is 4. The third-order valence-corrected chi connectivity index (χ3v) is 1.46. The van der Waals surface area contributed by atoms with Gasteiger partial charge in [-0.1, -0.05) is 0 Å². The van der Waals surface area contributed by atoms with Crippen LogP contribution < -0.4 is 5.73 Å². The molecule has 0 unspecified atom stereocenters. The first-order chi connectivity index (χ1) is 5.54. The van der Waals surface area contributed by atoms with Crippen molar-refractivity contribution in [1.82, 2.24) is 4.98 Å². The summed E-state index contributed by atoms with van der Waals surface area (Å²) in [5.41, 5.74) is 4.62. The molecule has 1 aromatic rings. The van der Waals surface area contributed by atoms with Crippen molar-refractivity contribution in [3.05, 3.63) is 27.7 Å². The van der Waals surface area contributed by atoms with Crippen molar-refractivity contribution in [3.63, 3.8) is 0 Å². The Kier molecular flexibility index (Phi) is 1.90. The first-order valence-corrected chi connectivity index (χ1v) is 3.09. The Bertz CT molecular complexity index is 340. The Morgan fingerprint density at radius 2 is 2.33 bits per heavy atom. The number of rotatable bonds is 1. The summed E-state index contributed by atoms with van der Waals surface area (Å²) in [5.74, 6) is -0.991. The van der Waals surface area contributed by atoms with E-state index < -0.39 is 16.4 Å². The summed E-state index contributed by atoms with van der Waals surface area (Å²) in [6.45, 7) is 1.28. The topological polar surface area (TPSA) is 82.0 Å². The molecule has 1 aromatic heterocycles. The molecule has 0 saturated carbocycles. The lowest BCUT2D eigenvalue weighted by atomic mass is 10.2. The molecule has 0 amide bonds. The number of hydrogen-bond donors (Lipinski definition) is 1. The highest BCUT2D eigenvalue weighted by atomic mass is 19.1. The van der Waals surface area contributed by atoms with Gasteiger partial charge in [-0.2, -0.15) is 0 Å². The number of nitrogen functional groups attached to an aromatic ring is 1. The van der Waals surface area contributed by atoms with Crippen molar-refractivity contribution >= 4 is 11.5 Å². The number of aromatic nitrogens is 1. The molecule has 0 aliphatic heterocycles. The fourth-order valence-corrected chi connectivity index (χ4v) is 0.820. The number of nitrogens with zero attached hydrogens (tertiary/aromatic N) is 2. The zero-order chi connectivity index (χ0) is 9.30. The van der Waals surface area contributed by atoms with Crippen LogP contribution in [0.2, 0.25) is 0 Å². The molecule has 0 fully saturated rings. The van der Waals surface area contributed by atoms with Crippen LogP contribution in [0.15, 0.2) is 6.20 Å². The van der Waals surface area contributed by atoms with Gasteiger partial charge >= 0.3 is 5.69 Å². The molecule has 0 spiro atoms. The van der Waals surface area contributed by atoms with Gasteiger partial charge in [0.15, 0.2) is 5.82 Å². The molecular formula is C6H6FN3O2. The van der Waals surface area contributed by atoms with Gasteiger partial charge in [0.1, 0.15) is 0 Å². The summed E-state index contributed by atoms with van der Waals surface area (Å²) in [6, 6.07) is 0. The summed E-state index contributed by atoms with van der Waals surface area (Å²) in [5, 5.41) is 10.3. The Balaban J connectivity index is 3.43. The monoisotopic (exact) mass is 171 g/mol. The standard InChI is InChI=1S/C6H6FN3O2/c1-3-4(7)2-9-6(8)5(3)10(11)12/h2H,1H3,(H2,8,9). The summed E-state index contributed by atoms with van der Waals surface area (Å²) in [7, 11) is 0. The molecule has 6 heteroatoms. The summed E-state index contributed by atoms with van der Waals surface area (Å²) < 4.78 is 12.7. The van der Waals surface area contributed by atoms with E-state index >= 15 is 0 Å². The van der Waals surface area contributed by atoms with Crippen LogP contribution in [0.3, 0.4) is 0 Å². The Morgan fingerprint density at radius 3 is 2.75 bits per heavy atom. The van der Waals surface area contributed by atoms with Crippen molar-refractivity contribution in [2.75, 3.05) is 5.73 Å². The molecule has 2 N–H and O–H groups in total. The number of pyridine rings is 1. The molecule has 0 atom stereocenters. The van der Waals surface area contributed by atoms with E-state index in [2.05, 4.69) is 4.98 Å². The second-order valence-electron chi connectivity index (χ2n) is 2.22. The van der Waals surface area contributed by atoms with E-state index in [0.717, 1.165) is 6.20 Å². The SMILES string of the molecule is Cc1c(F)cnc(N)c1[N+](=O)[O-]. The van der Waals surface area contributed by atoms with Gasteiger partial charge in [0.25, 0.3) is 0 Å². The zero-order valence-corrected chi connectivity index (χ0v) is 6.24. The molecule has 1 heterocycles. The van der Waals surface area contributed by atoms with Crippen LogP contribution in [0.4, 0.5) is 15.9 Å². The van der Waals surface area contributed by atoms with E-state index in [9.17, 15) is 14.5 Å². The van der Waals surface area contributed by atoms with Crippen molar-refractivity contribution in [2.45, 2.75) is 6.92 Å². The molecule has 1 rings (SSSR count). The zero-order valence-electron chi connectivity index (χ0n) is 6.24. The third kappa shape index (κ3) is 1.18. The first kappa shape index (κ1) is 8.38. The molecule has 0 bridgehead atoms. The molecular weight excluding hydrogens is 165 g/mol. The van der Waals surface area contributed by atoms with Crippen LogP contribution in [0.1, 0.15) is 5.56 Å². The van der Waals surface area contributed by atoms with Crippen LogP contribution in [0.25, 0.3) is 0 Å². The van der Waals surface area contributed by atoms with Gasteiger partial charge in [0, 0.05) is 0 Å². The predicted molar refractivity (Wildman–Crippen MR) is 40.0 cm³/mol. The molecule has 0 aliphatic rings. The van der Waals surface area contributed by atoms with Gasteiger partial charge in [-0.3, -0.25) is 10.1 Å². The lowest BCUT2D eigenvalue weighted by Crippen LogP contribution is -2.02. The van der Waals surface area contributed by atoms with Gasteiger partial charge in [-0.15, -0.1) is 0 Å². The summed E-state index contributed by atoms with van der Waals surface area (Å²) >= 11 is 0. The van der Waals surface area contributed by atoms with Crippen molar-refractivity contribution in [2.24, 2.45) is 0 Å². The quantitative estimate of drug-likeness (QED) is 0.505. The normalized spacial score (nSPS) is 9.83. The van der Waals surface area contributed by atoms with E-state index in [1.807, 2.05) is 0 Å². The fourth-order valence-electron chi connectivity index (χ4n) is 0.820. The maximum Gasteiger partial charge on any atom is 0.316 e. The van der Waals surface area contributed by atoms with Crippen molar-refractivity contribution < 1.29 is 9.31 Å². The third-order valence-electron chi connectivity index (χ3n) is 1.46. The largest absolute Gasteiger partial charge is 0.378 e. The number of halogens is 1. The molecule has 0 radical (unpaired) electrons. The van der Waals surface area contributed by atoms with E-state index in [1.54, 1.807) is 0 Å². The Morgan fingerprint density at radius 1 is 1.75 bits per heavy atom. The highest BCUT2D eigenvalue weighted by Crippen LogP contribution is 2.24. The van der Waals surface area contributed by atoms with Crippen LogP contribution in [-0.2, 0) is 0 Å². The lowest BCUT2D eigenvalue weighted by molar-refractivity contribution is -0.384. The Hall–Kier alpha value is -1.72. The highest BCUT2D eigenvalue weighted by molar-refractivity contribution is 5.56. The number of anilines is 1. The van der Waals surface area contributed by atoms with E-state index in [-0.39, 0.29) is 11.4 Å². The molecule has 12 heavy (non-hydrogen) atoms. The van der Waals surface area contributed by atoms with E-state index in [4.69, 9.17) is 5.73 Å². The van der Waals surface area contributed by atoms with Gasteiger partial charge in [-0.05, 0) is 6.92 Å². The summed E-state index contributed by atoms with van der Waals surface area (Å²) in [4.78, 5) is 12.9. The average Bonchev–Trinajstić information content (AvgIpc) is 1.97. The minimum atomic E-state index is -0.749. The summed E-state index contributed by atoms with van der Waals surface area (Å²) in [6.07, 6.45) is 0.859. The van der Waals surface area contributed by atoms with Crippen molar-refractivity contribution in [3.8, 4) is 0 Å². The molecule has 64 valence electrons. The highest BCUT2D eigenvalue weighted by Gasteiger charge is 2.19. The predicted octanol–water partition coefficient (Wildman–Crippen LogP) is 1.02. The minimum Gasteiger partial charge on any atom is -0.378 e. The Labute approximate surface area is 67.2 Å². The lowest BCUT2D eigenvalue weighted by Gasteiger charge is -1.99. The van der Waals surface area contributed by atoms with E-state index in [0.29, 0.717) is 0 Å². The van der Waals surface area contributed by atoms with Crippen molar-refractivity contribution in [1.29, 1.82) is 0 Å². The second kappa shape index (κ2) is 2.72. The van der Waals surface area contributed by atoms with Gasteiger partial charge in [0.05, 0.1) is 16.7 Å². The van der Waals surface area contributed by atoms with Gasteiger partial charge in [-0.25, -0.2) is 9.37 Å². The van der Waals surface area contributed by atoms with E-state index in [1.165, 1.54) is 6.92 Å². The smallest absolute Gasteiger partial charge is 0.316 e. The fraction of sp³-hybridized carbons (Fsp3) is 0.167. The number of nitrogens with two attached hydrogens (primary N) is 1. The molecule has 5 nitrogen and oxygen atoms in total. The molecule has 0 saturated heterocycles. The van der Waals surface area contributed by atoms with Gasteiger partial charge < -0.3 is 5.73 Å². The van der Waals surface area contributed by atoms with Crippen LogP contribution in [0.5, 0.6) is 0 Å². The molecule has 0 aliphatic carbocycles.